The maximum absolute atomic E-state index is 12.4. The van der Waals surface area contributed by atoms with E-state index in [1.165, 1.54) is 6.42 Å². The van der Waals surface area contributed by atoms with Crippen molar-refractivity contribution in [3.8, 4) is 0 Å². The van der Waals surface area contributed by atoms with Gasteiger partial charge in [-0.2, -0.15) is 17.0 Å². The Morgan fingerprint density at radius 2 is 1.59 bits per heavy atom. The molecule has 0 aliphatic carbocycles. The predicted molar refractivity (Wildman–Crippen MR) is 65.9 cm³/mol. The van der Waals surface area contributed by atoms with Gasteiger partial charge in [-0.1, -0.05) is 0 Å². The Morgan fingerprint density at radius 1 is 0.882 bits per heavy atom. The van der Waals surface area contributed by atoms with E-state index in [0.717, 1.165) is 25.7 Å². The molecule has 0 saturated carbocycles. The summed E-state index contributed by atoms with van der Waals surface area (Å²) in [4.78, 5) is 0. The first-order valence-electron chi connectivity index (χ1n) is 6.67. The molecule has 3 rings (SSSR count). The second-order valence-corrected chi connectivity index (χ2v) is 7.33. The minimum absolute atomic E-state index is 0.375. The van der Waals surface area contributed by atoms with E-state index >= 15 is 0 Å². The zero-order chi connectivity index (χ0) is 11.9. The highest BCUT2D eigenvalue weighted by atomic mass is 32.2. The molecule has 3 aliphatic heterocycles. The molecule has 0 radical (unpaired) electrons. The van der Waals surface area contributed by atoms with Crippen LogP contribution in [0.4, 0.5) is 0 Å². The smallest absolute Gasteiger partial charge is 0.282 e. The van der Waals surface area contributed by atoms with Gasteiger partial charge in [-0.15, -0.1) is 0 Å². The van der Waals surface area contributed by atoms with Crippen LogP contribution in [-0.4, -0.2) is 55.3 Å². The summed E-state index contributed by atoms with van der Waals surface area (Å²) in [6.07, 6.45) is 5.32. The third-order valence-corrected chi connectivity index (χ3v) is 6.21. The van der Waals surface area contributed by atoms with E-state index in [2.05, 4.69) is 5.32 Å². The molecule has 0 aromatic rings. The third kappa shape index (κ3) is 2.23. The highest BCUT2D eigenvalue weighted by molar-refractivity contribution is 7.86. The first kappa shape index (κ1) is 11.9. The summed E-state index contributed by atoms with van der Waals surface area (Å²) in [5.74, 6) is 0. The molecule has 0 aromatic carbocycles. The maximum atomic E-state index is 12.4. The molecule has 17 heavy (non-hydrogen) atoms. The fourth-order valence-corrected chi connectivity index (χ4v) is 4.95. The Bertz CT molecular complexity index is 378. The molecule has 3 heterocycles. The Kier molecular flexibility index (Phi) is 3.15. The van der Waals surface area contributed by atoms with Gasteiger partial charge in [-0.05, 0) is 32.1 Å². The van der Waals surface area contributed by atoms with Crippen LogP contribution in [0.25, 0.3) is 0 Å². The van der Waals surface area contributed by atoms with Crippen molar-refractivity contribution in [3.05, 3.63) is 0 Å². The lowest BCUT2D eigenvalue weighted by Gasteiger charge is -2.28. The number of nitrogens with zero attached hydrogens (tertiary/aromatic N) is 2. The summed E-state index contributed by atoms with van der Waals surface area (Å²) in [6, 6.07) is 0.915. The molecule has 98 valence electrons. The van der Waals surface area contributed by atoms with E-state index in [1.54, 1.807) is 8.61 Å². The second-order valence-electron chi connectivity index (χ2n) is 5.40. The molecule has 3 aliphatic rings. The normalized spacial score (nSPS) is 36.2. The fourth-order valence-electron chi connectivity index (χ4n) is 3.20. The number of hydrogen-bond acceptors (Lipinski definition) is 3. The van der Waals surface area contributed by atoms with Crippen molar-refractivity contribution in [2.45, 2.75) is 44.2 Å². The van der Waals surface area contributed by atoms with Gasteiger partial charge >= 0.3 is 0 Å². The SMILES string of the molecule is O=S(=O)(N1CCCC1)N1CCC2CCC(C1)N2. The van der Waals surface area contributed by atoms with Gasteiger partial charge in [0.1, 0.15) is 0 Å². The summed E-state index contributed by atoms with van der Waals surface area (Å²) in [7, 11) is -3.18. The Balaban J connectivity index is 1.74. The van der Waals surface area contributed by atoms with Crippen molar-refractivity contribution >= 4 is 10.2 Å². The number of rotatable bonds is 2. The molecule has 6 heteroatoms. The molecule has 0 amide bonds. The van der Waals surface area contributed by atoms with E-state index < -0.39 is 10.2 Å². The molecule has 5 nitrogen and oxygen atoms in total. The molecular formula is C11H21N3O2S. The summed E-state index contributed by atoms with van der Waals surface area (Å²) >= 11 is 0. The largest absolute Gasteiger partial charge is 0.310 e. The lowest BCUT2D eigenvalue weighted by atomic mass is 10.1. The zero-order valence-corrected chi connectivity index (χ0v) is 11.0. The minimum Gasteiger partial charge on any atom is -0.310 e. The molecular weight excluding hydrogens is 238 g/mol. The van der Waals surface area contributed by atoms with Crippen molar-refractivity contribution in [2.24, 2.45) is 0 Å². The highest BCUT2D eigenvalue weighted by Gasteiger charge is 2.37. The second kappa shape index (κ2) is 4.50. The minimum atomic E-state index is -3.18. The predicted octanol–water partition coefficient (Wildman–Crippen LogP) is 0.153. The number of nitrogens with one attached hydrogen (secondary N) is 1. The summed E-state index contributed by atoms with van der Waals surface area (Å²) in [5, 5.41) is 3.52. The van der Waals surface area contributed by atoms with Crippen LogP contribution >= 0.6 is 0 Å². The lowest BCUT2D eigenvalue weighted by Crippen LogP contribution is -2.46. The Labute approximate surface area is 103 Å². The van der Waals surface area contributed by atoms with Gasteiger partial charge in [0, 0.05) is 38.3 Å². The van der Waals surface area contributed by atoms with E-state index in [1.807, 2.05) is 0 Å². The monoisotopic (exact) mass is 259 g/mol. The molecule has 3 saturated heterocycles. The van der Waals surface area contributed by atoms with Gasteiger partial charge in [-0.3, -0.25) is 0 Å². The van der Waals surface area contributed by atoms with Crippen molar-refractivity contribution in [1.29, 1.82) is 0 Å². The number of hydrogen-bond donors (Lipinski definition) is 1. The van der Waals surface area contributed by atoms with Crippen LogP contribution in [0.3, 0.4) is 0 Å². The van der Waals surface area contributed by atoms with E-state index in [-0.39, 0.29) is 0 Å². The molecule has 1 N–H and O–H groups in total. The molecule has 3 fully saturated rings. The van der Waals surface area contributed by atoms with Crippen LogP contribution in [0.15, 0.2) is 0 Å². The van der Waals surface area contributed by atoms with Gasteiger partial charge in [0.15, 0.2) is 0 Å². The maximum Gasteiger partial charge on any atom is 0.282 e. The molecule has 0 aromatic heterocycles. The molecule has 2 bridgehead atoms. The first-order chi connectivity index (χ1) is 8.16. The average molecular weight is 259 g/mol. The van der Waals surface area contributed by atoms with E-state index in [0.29, 0.717) is 38.3 Å². The van der Waals surface area contributed by atoms with Crippen molar-refractivity contribution in [2.75, 3.05) is 26.2 Å². The van der Waals surface area contributed by atoms with E-state index in [9.17, 15) is 8.42 Å². The molecule has 2 atom stereocenters. The van der Waals surface area contributed by atoms with Crippen LogP contribution in [-0.2, 0) is 10.2 Å². The van der Waals surface area contributed by atoms with Gasteiger partial charge in [0.25, 0.3) is 10.2 Å². The lowest BCUT2D eigenvalue weighted by molar-refractivity contribution is 0.343. The first-order valence-corrected chi connectivity index (χ1v) is 8.07. The van der Waals surface area contributed by atoms with Crippen LogP contribution in [0.1, 0.15) is 32.1 Å². The average Bonchev–Trinajstić information content (AvgIpc) is 2.87. The third-order valence-electron chi connectivity index (χ3n) is 4.20. The highest BCUT2D eigenvalue weighted by Crippen LogP contribution is 2.24. The van der Waals surface area contributed by atoms with Gasteiger partial charge in [0.2, 0.25) is 0 Å². The Morgan fingerprint density at radius 3 is 2.35 bits per heavy atom. The zero-order valence-electron chi connectivity index (χ0n) is 10.1. The van der Waals surface area contributed by atoms with Crippen LogP contribution in [0.5, 0.6) is 0 Å². The quantitative estimate of drug-likeness (QED) is 0.768. The fraction of sp³-hybridized carbons (Fsp3) is 1.00. The molecule has 0 spiro atoms. The number of fused-ring (bicyclic) bond motifs is 2. The Hall–Kier alpha value is -0.170. The standard InChI is InChI=1S/C11H21N3O2S/c15-17(16,13-6-1-2-7-13)14-8-5-10-3-4-11(9-14)12-10/h10-12H,1-9H2. The van der Waals surface area contributed by atoms with Gasteiger partial charge in [-0.25, -0.2) is 0 Å². The van der Waals surface area contributed by atoms with Crippen LogP contribution < -0.4 is 5.32 Å². The van der Waals surface area contributed by atoms with Crippen molar-refractivity contribution in [3.63, 3.8) is 0 Å². The van der Waals surface area contributed by atoms with E-state index in [4.69, 9.17) is 0 Å². The summed E-state index contributed by atoms with van der Waals surface area (Å²) in [6.45, 7) is 2.77. The summed E-state index contributed by atoms with van der Waals surface area (Å²) in [5.41, 5.74) is 0. The van der Waals surface area contributed by atoms with Gasteiger partial charge < -0.3 is 5.32 Å². The van der Waals surface area contributed by atoms with Gasteiger partial charge in [0.05, 0.1) is 0 Å². The topological polar surface area (TPSA) is 52.7 Å². The van der Waals surface area contributed by atoms with Crippen LogP contribution in [0, 0.1) is 0 Å². The van der Waals surface area contributed by atoms with Crippen molar-refractivity contribution in [1.82, 2.24) is 13.9 Å². The van der Waals surface area contributed by atoms with Crippen LogP contribution in [0.2, 0.25) is 0 Å². The molecule has 2 unspecified atom stereocenters. The van der Waals surface area contributed by atoms with Crippen molar-refractivity contribution < 1.29 is 8.42 Å². The summed E-state index contributed by atoms with van der Waals surface area (Å²) < 4.78 is 28.2.